The summed E-state index contributed by atoms with van der Waals surface area (Å²) < 4.78 is 36.0. The Morgan fingerprint density at radius 2 is 1.83 bits per heavy atom. The molecule has 0 spiro atoms. The first-order valence-electron chi connectivity index (χ1n) is 10.6. The fourth-order valence-electron chi connectivity index (χ4n) is 3.07. The number of nitro benzene ring substituents is 1. The van der Waals surface area contributed by atoms with Crippen molar-refractivity contribution < 1.29 is 22.3 Å². The van der Waals surface area contributed by atoms with Gasteiger partial charge in [0.25, 0.3) is 5.69 Å². The predicted octanol–water partition coefficient (Wildman–Crippen LogP) is 5.33. The fraction of sp³-hybridized carbons (Fsp3) is 0.0833. The lowest BCUT2D eigenvalue weighted by Crippen LogP contribution is -2.10. The highest BCUT2D eigenvalue weighted by Gasteiger charge is 2.19. The second kappa shape index (κ2) is 11.0. The van der Waals surface area contributed by atoms with Crippen LogP contribution in [0.5, 0.6) is 11.5 Å². The maximum absolute atomic E-state index is 12.6. The molecule has 0 radical (unpaired) electrons. The molecule has 4 aromatic rings. The van der Waals surface area contributed by atoms with Gasteiger partial charge in [-0.15, -0.1) is 11.3 Å². The minimum Gasteiger partial charge on any atom is -0.490 e. The normalized spacial score (nSPS) is 11.4. The Kier molecular flexibility index (Phi) is 7.56. The third-order valence-electron chi connectivity index (χ3n) is 4.75. The van der Waals surface area contributed by atoms with E-state index in [0.29, 0.717) is 23.0 Å². The third kappa shape index (κ3) is 6.03. The Morgan fingerprint density at radius 3 is 2.53 bits per heavy atom. The van der Waals surface area contributed by atoms with Gasteiger partial charge < -0.3 is 8.92 Å². The van der Waals surface area contributed by atoms with Gasteiger partial charge >= 0.3 is 10.1 Å². The van der Waals surface area contributed by atoms with Gasteiger partial charge in [-0.1, -0.05) is 18.2 Å². The van der Waals surface area contributed by atoms with Crippen molar-refractivity contribution in [2.75, 3.05) is 12.0 Å². The summed E-state index contributed by atoms with van der Waals surface area (Å²) in [4.78, 5) is 14.8. The average Bonchev–Trinajstić information content (AvgIpc) is 3.35. The minimum absolute atomic E-state index is 0.0115. The Labute approximate surface area is 211 Å². The van der Waals surface area contributed by atoms with Crippen molar-refractivity contribution in [3.8, 4) is 22.8 Å². The summed E-state index contributed by atoms with van der Waals surface area (Å²) in [5, 5.41) is 17.3. The van der Waals surface area contributed by atoms with E-state index in [4.69, 9.17) is 8.92 Å². The van der Waals surface area contributed by atoms with Crippen LogP contribution in [-0.4, -0.2) is 31.1 Å². The molecule has 0 aliphatic carbocycles. The van der Waals surface area contributed by atoms with Gasteiger partial charge in [-0.3, -0.25) is 15.5 Å². The summed E-state index contributed by atoms with van der Waals surface area (Å²) in [7, 11) is -4.01. The van der Waals surface area contributed by atoms with E-state index in [2.05, 4.69) is 15.5 Å². The average molecular weight is 525 g/mol. The lowest BCUT2D eigenvalue weighted by molar-refractivity contribution is -0.384. The number of aromatic nitrogens is 1. The molecule has 12 heteroatoms. The SMILES string of the molecule is CCOc1cc(/C=N\Nc2nc(-c3ccc([N+](=O)[O-])cc3)cs2)ccc1OS(=O)(=O)c1ccccc1. The van der Waals surface area contributed by atoms with Crippen LogP contribution >= 0.6 is 11.3 Å². The molecule has 1 aromatic heterocycles. The molecule has 0 saturated heterocycles. The van der Waals surface area contributed by atoms with Crippen LogP contribution in [0.3, 0.4) is 0 Å². The van der Waals surface area contributed by atoms with Crippen molar-refractivity contribution in [1.29, 1.82) is 0 Å². The van der Waals surface area contributed by atoms with Crippen LogP contribution in [0.2, 0.25) is 0 Å². The monoisotopic (exact) mass is 524 g/mol. The lowest BCUT2D eigenvalue weighted by atomic mass is 10.1. The standard InChI is InChI=1S/C24H20N4O6S2/c1-2-33-23-14-17(8-13-22(23)34-36(31,32)20-6-4-3-5-7-20)15-25-27-24-26-21(16-35-24)18-9-11-19(12-10-18)28(29)30/h3-16H,2H2,1H3,(H,26,27)/b25-15-. The number of non-ortho nitro benzene ring substituents is 1. The van der Waals surface area contributed by atoms with Gasteiger partial charge in [-0.25, -0.2) is 4.98 Å². The first kappa shape index (κ1) is 24.8. The van der Waals surface area contributed by atoms with Crippen molar-refractivity contribution in [1.82, 2.24) is 4.98 Å². The van der Waals surface area contributed by atoms with Gasteiger partial charge in [-0.05, 0) is 55.0 Å². The van der Waals surface area contributed by atoms with Crippen molar-refractivity contribution in [3.05, 3.63) is 93.9 Å². The van der Waals surface area contributed by atoms with Gasteiger partial charge in [0, 0.05) is 23.1 Å². The smallest absolute Gasteiger partial charge is 0.339 e. The van der Waals surface area contributed by atoms with E-state index in [-0.39, 0.29) is 22.1 Å². The zero-order valence-corrected chi connectivity index (χ0v) is 20.5. The van der Waals surface area contributed by atoms with E-state index < -0.39 is 15.0 Å². The second-order valence-corrected chi connectivity index (χ2v) is 9.61. The maximum Gasteiger partial charge on any atom is 0.339 e. The number of hydrogen-bond donors (Lipinski definition) is 1. The van der Waals surface area contributed by atoms with Crippen LogP contribution < -0.4 is 14.3 Å². The molecule has 10 nitrogen and oxygen atoms in total. The number of nitrogens with one attached hydrogen (secondary N) is 1. The van der Waals surface area contributed by atoms with Crippen molar-refractivity contribution >= 4 is 38.5 Å². The molecule has 0 aliphatic rings. The Hall–Kier alpha value is -4.29. The highest BCUT2D eigenvalue weighted by molar-refractivity contribution is 7.87. The summed E-state index contributed by atoms with van der Waals surface area (Å²) in [6, 6.07) is 18.7. The van der Waals surface area contributed by atoms with E-state index in [1.165, 1.54) is 47.9 Å². The number of thiazole rings is 1. The van der Waals surface area contributed by atoms with E-state index in [1.54, 1.807) is 49.4 Å². The number of benzene rings is 3. The predicted molar refractivity (Wildman–Crippen MR) is 137 cm³/mol. The van der Waals surface area contributed by atoms with E-state index in [9.17, 15) is 18.5 Å². The summed E-state index contributed by atoms with van der Waals surface area (Å²) in [5.74, 6) is 0.328. The van der Waals surface area contributed by atoms with Gasteiger partial charge in [0.1, 0.15) is 4.90 Å². The molecular weight excluding hydrogens is 504 g/mol. The molecule has 0 fully saturated rings. The lowest BCUT2D eigenvalue weighted by Gasteiger charge is -2.12. The first-order chi connectivity index (χ1) is 17.4. The summed E-state index contributed by atoms with van der Waals surface area (Å²) in [6.45, 7) is 2.09. The number of nitrogens with zero attached hydrogens (tertiary/aromatic N) is 3. The zero-order chi connectivity index (χ0) is 25.5. The molecule has 0 atom stereocenters. The molecule has 184 valence electrons. The minimum atomic E-state index is -4.01. The van der Waals surface area contributed by atoms with Gasteiger partial charge in [0.2, 0.25) is 5.13 Å². The zero-order valence-electron chi connectivity index (χ0n) is 18.9. The van der Waals surface area contributed by atoms with Gasteiger partial charge in [0.15, 0.2) is 11.5 Å². The van der Waals surface area contributed by atoms with Gasteiger partial charge in [0.05, 0.1) is 23.4 Å². The highest BCUT2D eigenvalue weighted by Crippen LogP contribution is 2.31. The Morgan fingerprint density at radius 1 is 1.08 bits per heavy atom. The first-order valence-corrected chi connectivity index (χ1v) is 12.9. The van der Waals surface area contributed by atoms with Crippen LogP contribution in [0, 0.1) is 10.1 Å². The molecule has 3 aromatic carbocycles. The number of hydrogen-bond acceptors (Lipinski definition) is 10. The fourth-order valence-corrected chi connectivity index (χ4v) is 4.70. The third-order valence-corrected chi connectivity index (χ3v) is 6.75. The van der Waals surface area contributed by atoms with Gasteiger partial charge in [-0.2, -0.15) is 13.5 Å². The van der Waals surface area contributed by atoms with Crippen LogP contribution in [-0.2, 0) is 10.1 Å². The van der Waals surface area contributed by atoms with Crippen LogP contribution in [0.25, 0.3) is 11.3 Å². The number of nitro groups is 1. The maximum atomic E-state index is 12.6. The number of ether oxygens (including phenoxy) is 1. The van der Waals surface area contributed by atoms with Crippen LogP contribution in [0.15, 0.2) is 88.2 Å². The summed E-state index contributed by atoms with van der Waals surface area (Å²) in [6.07, 6.45) is 1.53. The van der Waals surface area contributed by atoms with Crippen molar-refractivity contribution in [3.63, 3.8) is 0 Å². The number of anilines is 1. The second-order valence-electron chi connectivity index (χ2n) is 7.20. The quantitative estimate of drug-likeness (QED) is 0.127. The number of rotatable bonds is 10. The molecule has 0 amide bonds. The van der Waals surface area contributed by atoms with E-state index >= 15 is 0 Å². The molecule has 1 heterocycles. The summed E-state index contributed by atoms with van der Waals surface area (Å²) in [5.41, 5.74) is 4.90. The molecule has 0 bridgehead atoms. The molecule has 36 heavy (non-hydrogen) atoms. The topological polar surface area (TPSA) is 133 Å². The van der Waals surface area contributed by atoms with Crippen molar-refractivity contribution in [2.24, 2.45) is 5.10 Å². The Bertz CT molecular complexity index is 1490. The van der Waals surface area contributed by atoms with E-state index in [1.807, 2.05) is 5.38 Å². The molecule has 1 N–H and O–H groups in total. The Balaban J connectivity index is 1.45. The highest BCUT2D eigenvalue weighted by atomic mass is 32.2. The molecule has 0 unspecified atom stereocenters. The number of hydrazone groups is 1. The van der Waals surface area contributed by atoms with E-state index in [0.717, 1.165) is 5.56 Å². The molecule has 0 aliphatic heterocycles. The van der Waals surface area contributed by atoms with Crippen LogP contribution in [0.4, 0.5) is 10.8 Å². The summed E-state index contributed by atoms with van der Waals surface area (Å²) >= 11 is 1.33. The molecular formula is C24H20N4O6S2. The van der Waals surface area contributed by atoms with Crippen LogP contribution in [0.1, 0.15) is 12.5 Å². The molecule has 0 saturated carbocycles. The largest absolute Gasteiger partial charge is 0.490 e. The van der Waals surface area contributed by atoms with Crippen molar-refractivity contribution in [2.45, 2.75) is 11.8 Å². The molecule has 4 rings (SSSR count).